The van der Waals surface area contributed by atoms with E-state index < -0.39 is 6.10 Å². The van der Waals surface area contributed by atoms with E-state index in [4.69, 9.17) is 4.74 Å². The van der Waals surface area contributed by atoms with Crippen molar-refractivity contribution in [2.24, 2.45) is 0 Å². The average Bonchev–Trinajstić information content (AvgIpc) is 2.50. The molecule has 1 unspecified atom stereocenters. The lowest BCUT2D eigenvalue weighted by Crippen LogP contribution is -2.33. The Kier molecular flexibility index (Phi) is 7.87. The van der Waals surface area contributed by atoms with Crippen LogP contribution in [-0.4, -0.2) is 56.4 Å². The molecule has 5 nitrogen and oxygen atoms in total. The quantitative estimate of drug-likeness (QED) is 0.690. The molecule has 20 heavy (non-hydrogen) atoms. The lowest BCUT2D eigenvalue weighted by atomic mass is 10.1. The van der Waals surface area contributed by atoms with E-state index in [2.05, 4.69) is 4.74 Å². The Morgan fingerprint density at radius 3 is 2.55 bits per heavy atom. The summed E-state index contributed by atoms with van der Waals surface area (Å²) >= 11 is 0. The monoisotopic (exact) mass is 281 g/mol. The second-order valence-corrected chi connectivity index (χ2v) is 4.55. The first kappa shape index (κ1) is 16.6. The number of carbonyl (C=O) groups excluding carboxylic acids is 1. The molecule has 0 aromatic heterocycles. The summed E-state index contributed by atoms with van der Waals surface area (Å²) in [7, 11) is 3.01. The average molecular weight is 281 g/mol. The zero-order valence-electron chi connectivity index (χ0n) is 12.1. The van der Waals surface area contributed by atoms with E-state index in [1.165, 1.54) is 7.11 Å². The molecule has 0 radical (unpaired) electrons. The molecule has 0 bridgehead atoms. The molecule has 112 valence electrons. The third-order valence-corrected chi connectivity index (χ3v) is 3.09. The van der Waals surface area contributed by atoms with Gasteiger partial charge in [-0.05, 0) is 5.56 Å². The molecule has 0 saturated carbocycles. The molecule has 1 aromatic rings. The number of nitrogens with zero attached hydrogens (tertiary/aromatic N) is 1. The number of esters is 1. The Morgan fingerprint density at radius 1 is 1.25 bits per heavy atom. The number of rotatable bonds is 9. The summed E-state index contributed by atoms with van der Waals surface area (Å²) in [5.74, 6) is -0.249. The van der Waals surface area contributed by atoms with Crippen molar-refractivity contribution in [3.05, 3.63) is 35.9 Å². The fourth-order valence-electron chi connectivity index (χ4n) is 1.89. The van der Waals surface area contributed by atoms with Gasteiger partial charge in [-0.1, -0.05) is 30.3 Å². The predicted molar refractivity (Wildman–Crippen MR) is 76.4 cm³/mol. The molecule has 0 fully saturated rings. The first-order valence-electron chi connectivity index (χ1n) is 6.68. The SMILES string of the molecule is COCCN(CCC(=O)OC)CC(O)c1ccccc1. The van der Waals surface area contributed by atoms with E-state index in [1.54, 1.807) is 7.11 Å². The number of aliphatic hydroxyl groups excluding tert-OH is 1. The summed E-state index contributed by atoms with van der Waals surface area (Å²) in [6, 6.07) is 9.48. The summed E-state index contributed by atoms with van der Waals surface area (Å²) < 4.78 is 9.69. The number of hydrogen-bond acceptors (Lipinski definition) is 5. The fourth-order valence-corrected chi connectivity index (χ4v) is 1.89. The van der Waals surface area contributed by atoms with Crippen LogP contribution in [0.15, 0.2) is 30.3 Å². The van der Waals surface area contributed by atoms with Crippen LogP contribution in [-0.2, 0) is 14.3 Å². The highest BCUT2D eigenvalue weighted by molar-refractivity contribution is 5.69. The normalized spacial score (nSPS) is 12.4. The molecule has 0 aliphatic rings. The first-order valence-corrected chi connectivity index (χ1v) is 6.68. The molecule has 0 aliphatic carbocycles. The van der Waals surface area contributed by atoms with Crippen molar-refractivity contribution in [3.63, 3.8) is 0 Å². The van der Waals surface area contributed by atoms with Crippen LogP contribution in [0.1, 0.15) is 18.1 Å². The zero-order chi connectivity index (χ0) is 14.8. The van der Waals surface area contributed by atoms with Gasteiger partial charge in [-0.15, -0.1) is 0 Å². The van der Waals surface area contributed by atoms with Gasteiger partial charge in [-0.3, -0.25) is 9.69 Å². The minimum atomic E-state index is -0.578. The summed E-state index contributed by atoms with van der Waals surface area (Å²) in [5, 5.41) is 10.2. The predicted octanol–water partition coefficient (Wildman–Crippen LogP) is 1.23. The van der Waals surface area contributed by atoms with E-state index in [9.17, 15) is 9.90 Å². The second kappa shape index (κ2) is 9.47. The highest BCUT2D eigenvalue weighted by Crippen LogP contribution is 2.13. The molecule has 0 aliphatic heterocycles. The molecule has 0 amide bonds. The van der Waals surface area contributed by atoms with Gasteiger partial charge in [0.2, 0.25) is 0 Å². The van der Waals surface area contributed by atoms with Gasteiger partial charge in [-0.2, -0.15) is 0 Å². The second-order valence-electron chi connectivity index (χ2n) is 4.55. The summed E-state index contributed by atoms with van der Waals surface area (Å²) in [5.41, 5.74) is 0.869. The molecule has 1 aromatic carbocycles. The van der Waals surface area contributed by atoms with Crippen LogP contribution >= 0.6 is 0 Å². The van der Waals surface area contributed by atoms with Crippen LogP contribution in [0.2, 0.25) is 0 Å². The molecule has 5 heteroatoms. The number of methoxy groups -OCH3 is 2. The van der Waals surface area contributed by atoms with Crippen LogP contribution in [0, 0.1) is 0 Å². The Balaban J connectivity index is 2.52. The van der Waals surface area contributed by atoms with E-state index in [-0.39, 0.29) is 5.97 Å². The lowest BCUT2D eigenvalue weighted by molar-refractivity contribution is -0.141. The lowest BCUT2D eigenvalue weighted by Gasteiger charge is -2.24. The van der Waals surface area contributed by atoms with Gasteiger partial charge in [0.05, 0.1) is 26.2 Å². The summed E-state index contributed by atoms with van der Waals surface area (Å²) in [6.07, 6.45) is -0.271. The van der Waals surface area contributed by atoms with Crippen LogP contribution in [0.5, 0.6) is 0 Å². The fraction of sp³-hybridized carbons (Fsp3) is 0.533. The Labute approximate surface area is 120 Å². The van der Waals surface area contributed by atoms with Gasteiger partial charge in [0.25, 0.3) is 0 Å². The number of aliphatic hydroxyl groups is 1. The van der Waals surface area contributed by atoms with E-state index in [1.807, 2.05) is 35.2 Å². The third-order valence-electron chi connectivity index (χ3n) is 3.09. The largest absolute Gasteiger partial charge is 0.469 e. The Hall–Kier alpha value is -1.43. The number of ether oxygens (including phenoxy) is 2. The first-order chi connectivity index (χ1) is 9.67. The van der Waals surface area contributed by atoms with Gasteiger partial charge >= 0.3 is 5.97 Å². The summed E-state index contributed by atoms with van der Waals surface area (Å²) in [4.78, 5) is 13.2. The Bertz CT molecular complexity index is 383. The number of hydrogen-bond donors (Lipinski definition) is 1. The third kappa shape index (κ3) is 6.14. The molecule has 1 rings (SSSR count). The van der Waals surface area contributed by atoms with Crippen molar-refractivity contribution < 1.29 is 19.4 Å². The molecule has 0 heterocycles. The molecular formula is C15H23NO4. The van der Waals surface area contributed by atoms with Gasteiger partial charge < -0.3 is 14.6 Å². The maximum Gasteiger partial charge on any atom is 0.306 e. The smallest absolute Gasteiger partial charge is 0.306 e. The van der Waals surface area contributed by atoms with Crippen molar-refractivity contribution in [2.45, 2.75) is 12.5 Å². The van der Waals surface area contributed by atoms with Gasteiger partial charge in [-0.25, -0.2) is 0 Å². The number of benzene rings is 1. The van der Waals surface area contributed by atoms with Crippen LogP contribution in [0.25, 0.3) is 0 Å². The van der Waals surface area contributed by atoms with Crippen molar-refractivity contribution in [3.8, 4) is 0 Å². The number of carbonyl (C=O) groups is 1. The molecule has 0 saturated heterocycles. The van der Waals surface area contributed by atoms with Gasteiger partial charge in [0.15, 0.2) is 0 Å². The van der Waals surface area contributed by atoms with Gasteiger partial charge in [0.1, 0.15) is 0 Å². The van der Waals surface area contributed by atoms with Gasteiger partial charge in [0, 0.05) is 26.7 Å². The minimum absolute atomic E-state index is 0.249. The maximum atomic E-state index is 11.2. The maximum absolute atomic E-state index is 11.2. The standard InChI is InChI=1S/C15H23NO4/c1-19-11-10-16(9-8-15(18)20-2)12-14(17)13-6-4-3-5-7-13/h3-7,14,17H,8-12H2,1-2H3. The molecule has 0 spiro atoms. The Morgan fingerprint density at radius 2 is 1.95 bits per heavy atom. The highest BCUT2D eigenvalue weighted by atomic mass is 16.5. The molecule has 1 N–H and O–H groups in total. The summed E-state index contributed by atoms with van der Waals surface area (Å²) in [6.45, 7) is 2.23. The van der Waals surface area contributed by atoms with Crippen LogP contribution in [0.4, 0.5) is 0 Å². The van der Waals surface area contributed by atoms with E-state index in [0.717, 1.165) is 5.56 Å². The van der Waals surface area contributed by atoms with Crippen molar-refractivity contribution >= 4 is 5.97 Å². The topological polar surface area (TPSA) is 59.0 Å². The van der Waals surface area contributed by atoms with Crippen LogP contribution in [0.3, 0.4) is 0 Å². The van der Waals surface area contributed by atoms with Crippen molar-refractivity contribution in [1.29, 1.82) is 0 Å². The zero-order valence-corrected chi connectivity index (χ0v) is 12.1. The van der Waals surface area contributed by atoms with Crippen LogP contribution < -0.4 is 0 Å². The van der Waals surface area contributed by atoms with Crippen molar-refractivity contribution in [2.75, 3.05) is 40.5 Å². The van der Waals surface area contributed by atoms with E-state index in [0.29, 0.717) is 32.7 Å². The van der Waals surface area contributed by atoms with Crippen molar-refractivity contribution in [1.82, 2.24) is 4.90 Å². The minimum Gasteiger partial charge on any atom is -0.469 e. The highest BCUT2D eigenvalue weighted by Gasteiger charge is 2.14. The van der Waals surface area contributed by atoms with E-state index >= 15 is 0 Å². The molecular weight excluding hydrogens is 258 g/mol. The molecule has 1 atom stereocenters.